The number of hydrogen-bond acceptors (Lipinski definition) is 5. The zero-order valence-electron chi connectivity index (χ0n) is 14.4. The number of piperidine rings is 1. The molecule has 1 aliphatic heterocycles. The molecule has 3 rings (SSSR count). The first-order valence-corrected chi connectivity index (χ1v) is 9.18. The van der Waals surface area contributed by atoms with Crippen LogP contribution in [0.5, 0.6) is 0 Å². The van der Waals surface area contributed by atoms with Crippen molar-refractivity contribution in [2.75, 3.05) is 11.9 Å². The number of carbonyl (C=O) groups is 2. The Morgan fingerprint density at radius 2 is 2.15 bits per heavy atom. The van der Waals surface area contributed by atoms with Gasteiger partial charge in [0.25, 0.3) is 11.6 Å². The summed E-state index contributed by atoms with van der Waals surface area (Å²) in [4.78, 5) is 37.4. The minimum Gasteiger partial charge on any atom is -0.338 e. The maximum absolute atomic E-state index is 12.4. The van der Waals surface area contributed by atoms with Gasteiger partial charge in [-0.1, -0.05) is 12.1 Å². The predicted octanol–water partition coefficient (Wildman–Crippen LogP) is 3.73. The fourth-order valence-corrected chi connectivity index (χ4v) is 3.84. The minimum atomic E-state index is -0.487. The summed E-state index contributed by atoms with van der Waals surface area (Å²) in [6, 6.07) is 8.62. The van der Waals surface area contributed by atoms with Crippen molar-refractivity contribution < 1.29 is 14.5 Å². The third kappa shape index (κ3) is 4.08. The highest BCUT2D eigenvalue weighted by atomic mass is 32.1. The molecule has 26 heavy (non-hydrogen) atoms. The monoisotopic (exact) mass is 373 g/mol. The van der Waals surface area contributed by atoms with E-state index >= 15 is 0 Å². The van der Waals surface area contributed by atoms with Crippen LogP contribution in [0.15, 0.2) is 30.3 Å². The molecule has 2 amide bonds. The maximum atomic E-state index is 12.4. The van der Waals surface area contributed by atoms with Crippen LogP contribution in [0, 0.1) is 17.0 Å². The number of rotatable bonds is 5. The molecule has 1 aromatic carbocycles. The summed E-state index contributed by atoms with van der Waals surface area (Å²) < 4.78 is 0. The van der Waals surface area contributed by atoms with Crippen LogP contribution in [0.4, 0.5) is 11.4 Å². The summed E-state index contributed by atoms with van der Waals surface area (Å²) >= 11 is 1.10. The first-order chi connectivity index (χ1) is 12.4. The van der Waals surface area contributed by atoms with Gasteiger partial charge in [-0.05, 0) is 37.5 Å². The van der Waals surface area contributed by atoms with Crippen molar-refractivity contribution in [1.29, 1.82) is 0 Å². The fourth-order valence-electron chi connectivity index (χ4n) is 2.96. The van der Waals surface area contributed by atoms with Crippen LogP contribution in [0.2, 0.25) is 0 Å². The molecule has 1 aliphatic rings. The van der Waals surface area contributed by atoms with Crippen molar-refractivity contribution in [2.45, 2.75) is 32.7 Å². The molecule has 7 nitrogen and oxygen atoms in total. The molecule has 0 radical (unpaired) electrons. The van der Waals surface area contributed by atoms with Crippen molar-refractivity contribution in [1.82, 2.24) is 4.90 Å². The van der Waals surface area contributed by atoms with Crippen LogP contribution >= 0.6 is 11.3 Å². The Labute approximate surface area is 154 Å². The van der Waals surface area contributed by atoms with E-state index in [0.717, 1.165) is 36.3 Å². The summed E-state index contributed by atoms with van der Waals surface area (Å²) in [6.07, 6.45) is 2.55. The second-order valence-electron chi connectivity index (χ2n) is 6.24. The average Bonchev–Trinajstić information content (AvgIpc) is 3.00. The van der Waals surface area contributed by atoms with E-state index in [1.54, 1.807) is 13.0 Å². The lowest BCUT2D eigenvalue weighted by Gasteiger charge is -2.26. The Bertz CT molecular complexity index is 862. The Morgan fingerprint density at radius 1 is 1.35 bits per heavy atom. The van der Waals surface area contributed by atoms with Gasteiger partial charge in [0, 0.05) is 31.3 Å². The van der Waals surface area contributed by atoms with Crippen LogP contribution < -0.4 is 5.32 Å². The smallest absolute Gasteiger partial charge is 0.283 e. The Balaban J connectivity index is 1.70. The van der Waals surface area contributed by atoms with Crippen molar-refractivity contribution in [2.24, 2.45) is 0 Å². The lowest BCUT2D eigenvalue weighted by molar-refractivity contribution is -0.385. The van der Waals surface area contributed by atoms with E-state index in [4.69, 9.17) is 0 Å². The molecule has 2 aromatic rings. The van der Waals surface area contributed by atoms with Gasteiger partial charge in [0.15, 0.2) is 0 Å². The number of likely N-dealkylation sites (tertiary alicyclic amines) is 1. The predicted molar refractivity (Wildman–Crippen MR) is 99.4 cm³/mol. The molecule has 1 fully saturated rings. The van der Waals surface area contributed by atoms with Crippen LogP contribution in [0.1, 0.15) is 39.4 Å². The van der Waals surface area contributed by atoms with Crippen molar-refractivity contribution in [3.63, 3.8) is 0 Å². The van der Waals surface area contributed by atoms with Gasteiger partial charge in [0.1, 0.15) is 0 Å². The van der Waals surface area contributed by atoms with Crippen LogP contribution in [-0.2, 0) is 11.3 Å². The topological polar surface area (TPSA) is 92.6 Å². The molecular weight excluding hydrogens is 354 g/mol. The number of amides is 2. The summed E-state index contributed by atoms with van der Waals surface area (Å²) in [5.74, 6) is -0.218. The van der Waals surface area contributed by atoms with E-state index in [1.165, 1.54) is 6.07 Å². The lowest BCUT2D eigenvalue weighted by Crippen LogP contribution is -2.34. The summed E-state index contributed by atoms with van der Waals surface area (Å²) in [7, 11) is 0. The molecule has 0 saturated carbocycles. The Morgan fingerprint density at radius 3 is 2.85 bits per heavy atom. The highest BCUT2D eigenvalue weighted by Gasteiger charge is 2.20. The van der Waals surface area contributed by atoms with E-state index < -0.39 is 4.92 Å². The number of aryl methyl sites for hydroxylation is 1. The largest absolute Gasteiger partial charge is 0.338 e. The second-order valence-corrected chi connectivity index (χ2v) is 7.49. The Kier molecular flexibility index (Phi) is 5.32. The van der Waals surface area contributed by atoms with Crippen LogP contribution in [0.3, 0.4) is 0 Å². The minimum absolute atomic E-state index is 0.0440. The van der Waals surface area contributed by atoms with Crippen LogP contribution in [-0.4, -0.2) is 28.2 Å². The highest BCUT2D eigenvalue weighted by molar-refractivity contribution is 7.14. The zero-order valence-corrected chi connectivity index (χ0v) is 15.2. The number of thiophene rings is 1. The number of nitrogens with zero attached hydrogens (tertiary/aromatic N) is 2. The van der Waals surface area contributed by atoms with E-state index in [1.807, 2.05) is 23.1 Å². The van der Waals surface area contributed by atoms with Crippen LogP contribution in [0.25, 0.3) is 0 Å². The van der Waals surface area contributed by atoms with Gasteiger partial charge < -0.3 is 10.2 Å². The molecule has 8 heteroatoms. The normalized spacial score (nSPS) is 14.3. The van der Waals surface area contributed by atoms with Crippen molar-refractivity contribution in [3.05, 3.63) is 55.8 Å². The molecule has 136 valence electrons. The van der Waals surface area contributed by atoms with Gasteiger partial charge in [0.2, 0.25) is 5.91 Å². The standard InChI is InChI=1S/C18H19N3O4S/c1-12-15(21(24)25)10-16(26-12)18(23)19-14-6-4-5-13(9-14)11-20-8-3-2-7-17(20)22/h4-6,9-10H,2-3,7-8,11H2,1H3,(H,19,23). The zero-order chi connectivity index (χ0) is 18.7. The molecule has 1 N–H and O–H groups in total. The molecular formula is C18H19N3O4S. The molecule has 2 heterocycles. The average molecular weight is 373 g/mol. The fraction of sp³-hybridized carbons (Fsp3) is 0.333. The Hall–Kier alpha value is -2.74. The molecule has 0 aliphatic carbocycles. The lowest BCUT2D eigenvalue weighted by atomic mass is 10.1. The molecule has 0 spiro atoms. The summed E-state index contributed by atoms with van der Waals surface area (Å²) in [5, 5.41) is 13.7. The quantitative estimate of drug-likeness (QED) is 0.638. The number of nitro groups is 1. The van der Waals surface area contributed by atoms with E-state index in [9.17, 15) is 19.7 Å². The molecule has 0 bridgehead atoms. The van der Waals surface area contributed by atoms with Crippen molar-refractivity contribution in [3.8, 4) is 0 Å². The third-order valence-corrected chi connectivity index (χ3v) is 5.33. The molecule has 1 aromatic heterocycles. The second kappa shape index (κ2) is 7.65. The van der Waals surface area contributed by atoms with E-state index in [2.05, 4.69) is 5.32 Å². The van der Waals surface area contributed by atoms with Gasteiger partial charge >= 0.3 is 0 Å². The van der Waals surface area contributed by atoms with Gasteiger partial charge in [-0.15, -0.1) is 11.3 Å². The SMILES string of the molecule is Cc1sc(C(=O)Nc2cccc(CN3CCCCC3=O)c2)cc1[N+](=O)[O-]. The van der Waals surface area contributed by atoms with E-state index in [-0.39, 0.29) is 17.5 Å². The van der Waals surface area contributed by atoms with Crippen molar-refractivity contribution >= 4 is 34.5 Å². The first kappa shape index (κ1) is 18.1. The number of benzene rings is 1. The first-order valence-electron chi connectivity index (χ1n) is 8.37. The van der Waals surface area contributed by atoms with Gasteiger partial charge in [0.05, 0.1) is 14.7 Å². The number of anilines is 1. The molecule has 1 saturated heterocycles. The molecule has 0 unspecified atom stereocenters. The summed E-state index contributed by atoms with van der Waals surface area (Å²) in [5.41, 5.74) is 1.49. The number of hydrogen-bond donors (Lipinski definition) is 1. The maximum Gasteiger partial charge on any atom is 0.283 e. The third-order valence-electron chi connectivity index (χ3n) is 4.29. The summed E-state index contributed by atoms with van der Waals surface area (Å²) in [6.45, 7) is 2.90. The highest BCUT2D eigenvalue weighted by Crippen LogP contribution is 2.28. The number of carbonyl (C=O) groups excluding carboxylic acids is 2. The van der Waals surface area contributed by atoms with Gasteiger partial charge in [-0.2, -0.15) is 0 Å². The van der Waals surface area contributed by atoms with Gasteiger partial charge in [-0.3, -0.25) is 19.7 Å². The van der Waals surface area contributed by atoms with E-state index in [0.29, 0.717) is 28.4 Å². The molecule has 0 atom stereocenters. The van der Waals surface area contributed by atoms with Gasteiger partial charge in [-0.25, -0.2) is 0 Å². The number of nitrogens with one attached hydrogen (secondary N) is 1.